The molecule has 0 aliphatic heterocycles. The van der Waals surface area contributed by atoms with E-state index in [0.29, 0.717) is 6.07 Å². The van der Waals surface area contributed by atoms with Gasteiger partial charge in [0.15, 0.2) is 17.3 Å². The highest BCUT2D eigenvalue weighted by Gasteiger charge is 2.38. The number of aromatic hydroxyl groups is 1. The van der Waals surface area contributed by atoms with Gasteiger partial charge in [0.25, 0.3) is 0 Å². The van der Waals surface area contributed by atoms with Crippen LogP contribution in [0.3, 0.4) is 0 Å². The zero-order chi connectivity index (χ0) is 22.9. The summed E-state index contributed by atoms with van der Waals surface area (Å²) in [5, 5.41) is 14.2. The molecule has 0 aliphatic carbocycles. The zero-order valence-electron chi connectivity index (χ0n) is 16.0. The quantitative estimate of drug-likeness (QED) is 0.490. The van der Waals surface area contributed by atoms with E-state index in [1.807, 2.05) is 0 Å². The Balaban J connectivity index is 2.38. The van der Waals surface area contributed by atoms with E-state index in [9.17, 15) is 32.3 Å². The summed E-state index contributed by atoms with van der Waals surface area (Å²) in [5.41, 5.74) is -3.38. The highest BCUT2D eigenvalue weighted by atomic mass is 19.4. The largest absolute Gasteiger partial charge is 0.504 e. The number of ether oxygens (including phenoxy) is 2. The second-order valence-electron chi connectivity index (χ2n) is 6.12. The Morgan fingerprint density at radius 2 is 1.61 bits per heavy atom. The number of aromatic nitrogens is 2. The fraction of sp³-hybridized carbons (Fsp3) is 0.150. The summed E-state index contributed by atoms with van der Waals surface area (Å²) in [6.07, 6.45) is -5.06. The molecule has 162 valence electrons. The summed E-state index contributed by atoms with van der Waals surface area (Å²) in [6.45, 7) is 0. The lowest BCUT2D eigenvalue weighted by Crippen LogP contribution is -2.15. The van der Waals surface area contributed by atoms with Gasteiger partial charge >= 0.3 is 18.1 Å². The number of nitrogens with zero attached hydrogens (tertiary/aromatic N) is 2. The molecule has 0 amide bonds. The van der Waals surface area contributed by atoms with E-state index in [2.05, 4.69) is 9.84 Å². The van der Waals surface area contributed by atoms with Crippen LogP contribution in [-0.2, 0) is 15.7 Å². The number of alkyl halides is 3. The number of phenolic OH excluding ortho intramolecular Hbond substituents is 1. The molecule has 0 saturated carbocycles. The lowest BCUT2D eigenvalue weighted by Gasteiger charge is -2.11. The number of hydrogen-bond donors (Lipinski definition) is 1. The van der Waals surface area contributed by atoms with E-state index in [1.165, 1.54) is 12.1 Å². The van der Waals surface area contributed by atoms with Crippen molar-refractivity contribution in [2.45, 2.75) is 6.18 Å². The van der Waals surface area contributed by atoms with E-state index in [-0.39, 0.29) is 5.69 Å². The summed E-state index contributed by atoms with van der Waals surface area (Å²) in [5.74, 6) is -5.46. The predicted octanol–water partition coefficient (Wildman–Crippen LogP) is 3.98. The summed E-state index contributed by atoms with van der Waals surface area (Å²) >= 11 is 0. The first-order valence-corrected chi connectivity index (χ1v) is 8.55. The average molecular weight is 438 g/mol. The van der Waals surface area contributed by atoms with Crippen LogP contribution in [0, 0.1) is 5.82 Å². The monoisotopic (exact) mass is 438 g/mol. The summed E-state index contributed by atoms with van der Waals surface area (Å²) in [6, 6.07) is 9.06. The van der Waals surface area contributed by atoms with Crippen molar-refractivity contribution in [3.05, 3.63) is 65.1 Å². The van der Waals surface area contributed by atoms with Gasteiger partial charge in [-0.05, 0) is 24.3 Å². The Labute approximate surface area is 172 Å². The van der Waals surface area contributed by atoms with E-state index < -0.39 is 57.8 Å². The molecular weight excluding hydrogens is 424 g/mol. The summed E-state index contributed by atoms with van der Waals surface area (Å²) in [4.78, 5) is 24.9. The van der Waals surface area contributed by atoms with Crippen LogP contribution in [0.5, 0.6) is 5.75 Å². The first-order chi connectivity index (χ1) is 14.6. The van der Waals surface area contributed by atoms with Gasteiger partial charge in [-0.3, -0.25) is 0 Å². The molecular formula is C20H14F4N2O5. The topological polar surface area (TPSA) is 90.6 Å². The zero-order valence-corrected chi connectivity index (χ0v) is 16.0. The van der Waals surface area contributed by atoms with Crippen molar-refractivity contribution in [3.8, 4) is 22.7 Å². The van der Waals surface area contributed by atoms with Gasteiger partial charge in [-0.1, -0.05) is 18.2 Å². The van der Waals surface area contributed by atoms with E-state index in [0.717, 1.165) is 25.0 Å². The molecule has 0 bridgehead atoms. The molecule has 31 heavy (non-hydrogen) atoms. The highest BCUT2D eigenvalue weighted by molar-refractivity contribution is 6.07. The lowest BCUT2D eigenvalue weighted by molar-refractivity contribution is -0.140. The van der Waals surface area contributed by atoms with E-state index >= 15 is 0 Å². The predicted molar refractivity (Wildman–Crippen MR) is 98.3 cm³/mol. The van der Waals surface area contributed by atoms with Crippen molar-refractivity contribution < 1.29 is 41.7 Å². The number of hydrogen-bond acceptors (Lipinski definition) is 6. The number of phenols is 1. The van der Waals surface area contributed by atoms with Gasteiger partial charge in [0, 0.05) is 5.56 Å². The first-order valence-electron chi connectivity index (χ1n) is 8.55. The molecule has 0 spiro atoms. The first kappa shape index (κ1) is 21.8. The van der Waals surface area contributed by atoms with Crippen LogP contribution in [0.25, 0.3) is 16.9 Å². The Morgan fingerprint density at radius 3 is 2.16 bits per heavy atom. The number of halogens is 4. The van der Waals surface area contributed by atoms with Crippen molar-refractivity contribution in [2.75, 3.05) is 14.2 Å². The molecule has 11 heteroatoms. The lowest BCUT2D eigenvalue weighted by atomic mass is 10.0. The number of para-hydroxylation sites is 1. The third kappa shape index (κ3) is 3.81. The smallest absolute Gasteiger partial charge is 0.419 e. The molecule has 7 nitrogen and oxygen atoms in total. The standard InChI is InChI=1S/C20H14F4N2O5/c1-30-18(28)13-15(11-8-9-12(20(22,23)24)14(21)17(11)27)25-26(16(13)19(29)31-2)10-6-4-3-5-7-10/h3-9,27H,1-2H3. The molecule has 0 fully saturated rings. The molecule has 0 saturated heterocycles. The molecule has 2 aromatic carbocycles. The maximum atomic E-state index is 14.3. The van der Waals surface area contributed by atoms with E-state index in [1.54, 1.807) is 18.2 Å². The van der Waals surface area contributed by atoms with Crippen molar-refractivity contribution >= 4 is 11.9 Å². The Bertz CT molecular complexity index is 1160. The minimum absolute atomic E-state index is 0.283. The van der Waals surface area contributed by atoms with Gasteiger partial charge in [-0.25, -0.2) is 18.7 Å². The Kier molecular flexibility index (Phi) is 5.69. The number of benzene rings is 2. The van der Waals surface area contributed by atoms with Crippen molar-refractivity contribution in [1.29, 1.82) is 0 Å². The molecule has 1 N–H and O–H groups in total. The van der Waals surface area contributed by atoms with Crippen LogP contribution >= 0.6 is 0 Å². The third-order valence-electron chi connectivity index (χ3n) is 4.33. The van der Waals surface area contributed by atoms with Gasteiger partial charge < -0.3 is 14.6 Å². The number of carbonyl (C=O) groups excluding carboxylic acids is 2. The summed E-state index contributed by atoms with van der Waals surface area (Å²) in [7, 11) is 2.04. The molecule has 0 atom stereocenters. The minimum Gasteiger partial charge on any atom is -0.504 e. The third-order valence-corrected chi connectivity index (χ3v) is 4.33. The van der Waals surface area contributed by atoms with Crippen LogP contribution in [0.1, 0.15) is 26.4 Å². The van der Waals surface area contributed by atoms with Gasteiger partial charge in [-0.2, -0.15) is 18.3 Å². The van der Waals surface area contributed by atoms with Crippen LogP contribution in [0.15, 0.2) is 42.5 Å². The summed E-state index contributed by atoms with van der Waals surface area (Å²) < 4.78 is 63.6. The van der Waals surface area contributed by atoms with Crippen molar-refractivity contribution in [2.24, 2.45) is 0 Å². The normalized spacial score (nSPS) is 11.3. The van der Waals surface area contributed by atoms with Crippen LogP contribution in [0.4, 0.5) is 17.6 Å². The number of carbonyl (C=O) groups is 2. The molecule has 0 unspecified atom stereocenters. The Morgan fingerprint density at radius 1 is 1.00 bits per heavy atom. The molecule has 0 aliphatic rings. The average Bonchev–Trinajstić information content (AvgIpc) is 3.14. The van der Waals surface area contributed by atoms with Crippen LogP contribution in [-0.4, -0.2) is 41.0 Å². The second kappa shape index (κ2) is 8.09. The second-order valence-corrected chi connectivity index (χ2v) is 6.12. The maximum absolute atomic E-state index is 14.3. The van der Waals surface area contributed by atoms with E-state index in [4.69, 9.17) is 4.74 Å². The maximum Gasteiger partial charge on any atom is 0.419 e. The van der Waals surface area contributed by atoms with Gasteiger partial charge in [0.05, 0.1) is 25.5 Å². The van der Waals surface area contributed by atoms with Crippen LogP contribution in [0.2, 0.25) is 0 Å². The van der Waals surface area contributed by atoms with Crippen molar-refractivity contribution in [1.82, 2.24) is 9.78 Å². The number of rotatable bonds is 4. The molecule has 3 aromatic rings. The Hall–Kier alpha value is -3.89. The van der Waals surface area contributed by atoms with Gasteiger partial charge in [-0.15, -0.1) is 0 Å². The van der Waals surface area contributed by atoms with Crippen molar-refractivity contribution in [3.63, 3.8) is 0 Å². The molecule has 0 radical (unpaired) electrons. The number of methoxy groups -OCH3 is 2. The fourth-order valence-corrected chi connectivity index (χ4v) is 2.92. The highest BCUT2D eigenvalue weighted by Crippen LogP contribution is 2.41. The molecule has 3 rings (SSSR count). The van der Waals surface area contributed by atoms with Crippen LogP contribution < -0.4 is 0 Å². The number of esters is 2. The molecule has 1 heterocycles. The minimum atomic E-state index is -5.06. The molecule has 1 aromatic heterocycles. The fourth-order valence-electron chi connectivity index (χ4n) is 2.92. The van der Waals surface area contributed by atoms with Gasteiger partial charge in [0.2, 0.25) is 0 Å². The van der Waals surface area contributed by atoms with Gasteiger partial charge in [0.1, 0.15) is 11.3 Å². The SMILES string of the molecule is COC(=O)c1c(-c2ccc(C(F)(F)F)c(F)c2O)nn(-c2ccccc2)c1C(=O)OC.